The first kappa shape index (κ1) is 15.0. The number of pyridine rings is 1. The summed E-state index contributed by atoms with van der Waals surface area (Å²) in [6.45, 7) is 1.10. The molecule has 0 saturated carbocycles. The lowest BCUT2D eigenvalue weighted by molar-refractivity contribution is -0.956. The summed E-state index contributed by atoms with van der Waals surface area (Å²) in [4.78, 5) is 9.68. The van der Waals surface area contributed by atoms with Crippen LogP contribution >= 0.6 is 0 Å². The van der Waals surface area contributed by atoms with Crippen molar-refractivity contribution < 1.29 is 4.90 Å². The second-order valence-electron chi connectivity index (χ2n) is 7.52. The number of hydrogen-bond donors (Lipinski definition) is 3. The zero-order valence-electron chi connectivity index (χ0n) is 14.9. The van der Waals surface area contributed by atoms with Crippen molar-refractivity contribution in [1.82, 2.24) is 9.97 Å². The van der Waals surface area contributed by atoms with Gasteiger partial charge in [-0.3, -0.25) is 9.88 Å². The maximum atomic E-state index is 4.37. The van der Waals surface area contributed by atoms with Crippen molar-refractivity contribution in [3.05, 3.63) is 95.4 Å². The van der Waals surface area contributed by atoms with Crippen LogP contribution in [0.25, 0.3) is 10.9 Å². The molecule has 2 aromatic carbocycles. The third-order valence-electron chi connectivity index (χ3n) is 6.13. The third kappa shape index (κ3) is 2.17. The lowest BCUT2D eigenvalue weighted by Gasteiger charge is -2.43. The Balaban J connectivity index is 1.58. The van der Waals surface area contributed by atoms with Gasteiger partial charge in [-0.2, -0.15) is 0 Å². The molecule has 4 aromatic rings. The fourth-order valence-electron chi connectivity index (χ4n) is 4.97. The Labute approximate surface area is 157 Å². The van der Waals surface area contributed by atoms with E-state index in [9.17, 15) is 0 Å². The summed E-state index contributed by atoms with van der Waals surface area (Å²) in [7, 11) is 0. The summed E-state index contributed by atoms with van der Waals surface area (Å²) >= 11 is 0. The van der Waals surface area contributed by atoms with Gasteiger partial charge in [-0.15, -0.1) is 0 Å². The van der Waals surface area contributed by atoms with Gasteiger partial charge in [0, 0.05) is 46.5 Å². The van der Waals surface area contributed by atoms with Crippen LogP contribution in [0.3, 0.4) is 0 Å². The van der Waals surface area contributed by atoms with Crippen LogP contribution in [0.5, 0.6) is 0 Å². The molecule has 0 fully saturated rings. The molecule has 27 heavy (non-hydrogen) atoms. The van der Waals surface area contributed by atoms with Gasteiger partial charge in [0.05, 0.1) is 12.2 Å². The molecular weight excluding hydrogens is 332 g/mol. The van der Waals surface area contributed by atoms with E-state index in [2.05, 4.69) is 69.9 Å². The molecule has 2 aliphatic heterocycles. The molecule has 4 nitrogen and oxygen atoms in total. The number of para-hydroxylation sites is 2. The maximum Gasteiger partial charge on any atom is 0.189 e. The van der Waals surface area contributed by atoms with Gasteiger partial charge in [0.2, 0.25) is 0 Å². The van der Waals surface area contributed by atoms with E-state index in [1.165, 1.54) is 39.0 Å². The SMILES string of the molecule is c1cncc([C@H]2Nc3ccccc3[C@@H]3c4[nH]c5ccccc5c4CC[NH+]32)c1. The van der Waals surface area contributed by atoms with Gasteiger partial charge in [0.1, 0.15) is 0 Å². The number of fused-ring (bicyclic) bond motifs is 7. The van der Waals surface area contributed by atoms with E-state index >= 15 is 0 Å². The van der Waals surface area contributed by atoms with Crippen molar-refractivity contribution in [1.29, 1.82) is 0 Å². The molecule has 6 rings (SSSR count). The lowest BCUT2D eigenvalue weighted by Crippen LogP contribution is -3.15. The Hall–Kier alpha value is -3.11. The van der Waals surface area contributed by atoms with Crippen molar-refractivity contribution in [3.8, 4) is 0 Å². The van der Waals surface area contributed by atoms with E-state index < -0.39 is 0 Å². The number of aromatic amines is 1. The second-order valence-corrected chi connectivity index (χ2v) is 7.52. The van der Waals surface area contributed by atoms with E-state index in [1.54, 1.807) is 4.90 Å². The molecule has 0 spiro atoms. The number of aromatic nitrogens is 2. The predicted molar refractivity (Wildman–Crippen MR) is 107 cm³/mol. The van der Waals surface area contributed by atoms with E-state index in [4.69, 9.17) is 0 Å². The summed E-state index contributed by atoms with van der Waals surface area (Å²) < 4.78 is 0. The Kier molecular flexibility index (Phi) is 3.16. The van der Waals surface area contributed by atoms with Crippen molar-refractivity contribution in [2.45, 2.75) is 18.6 Å². The molecule has 2 aliphatic rings. The number of nitrogens with one attached hydrogen (secondary N) is 3. The molecule has 0 radical (unpaired) electrons. The highest BCUT2D eigenvalue weighted by Gasteiger charge is 2.44. The molecular formula is C23H21N4+. The van der Waals surface area contributed by atoms with Gasteiger partial charge >= 0.3 is 0 Å². The van der Waals surface area contributed by atoms with Gasteiger partial charge in [-0.1, -0.05) is 36.4 Å². The monoisotopic (exact) mass is 353 g/mol. The first-order valence-corrected chi connectivity index (χ1v) is 9.60. The molecule has 3 atom stereocenters. The van der Waals surface area contributed by atoms with E-state index in [1.807, 2.05) is 18.5 Å². The molecule has 0 aliphatic carbocycles. The first-order chi connectivity index (χ1) is 13.4. The molecule has 3 N–H and O–H groups in total. The largest absolute Gasteiger partial charge is 0.353 e. The molecule has 0 bridgehead atoms. The highest BCUT2D eigenvalue weighted by Crippen LogP contribution is 2.38. The number of rotatable bonds is 1. The zero-order valence-corrected chi connectivity index (χ0v) is 14.9. The average molecular weight is 353 g/mol. The molecule has 0 saturated heterocycles. The summed E-state index contributed by atoms with van der Waals surface area (Å²) in [6.07, 6.45) is 5.14. The maximum absolute atomic E-state index is 4.37. The van der Waals surface area contributed by atoms with Crippen LogP contribution < -0.4 is 10.2 Å². The fraction of sp³-hybridized carbons (Fsp3) is 0.174. The van der Waals surface area contributed by atoms with Crippen molar-refractivity contribution in [2.24, 2.45) is 0 Å². The van der Waals surface area contributed by atoms with Gasteiger partial charge in [0.25, 0.3) is 0 Å². The van der Waals surface area contributed by atoms with Crippen LogP contribution in [0.4, 0.5) is 5.69 Å². The smallest absolute Gasteiger partial charge is 0.189 e. The minimum Gasteiger partial charge on any atom is -0.353 e. The van der Waals surface area contributed by atoms with Crippen LogP contribution in [-0.4, -0.2) is 16.5 Å². The second kappa shape index (κ2) is 5.69. The minimum atomic E-state index is 0.207. The molecule has 4 heterocycles. The number of benzene rings is 2. The molecule has 4 heteroatoms. The number of quaternary nitrogens is 1. The minimum absolute atomic E-state index is 0.207. The van der Waals surface area contributed by atoms with Crippen LogP contribution in [0.15, 0.2) is 73.1 Å². The Morgan fingerprint density at radius 1 is 0.963 bits per heavy atom. The standard InChI is InChI=1S/C23H20N4/c1-3-9-19-16(7-1)17-11-13-27-22(21(17)25-19)18-8-2-4-10-20(18)26-23(27)15-6-5-12-24-14-15/h1-10,12,14,22-23,25-26H,11,13H2/p+1/t22-,23+/m1/s1. The van der Waals surface area contributed by atoms with Crippen molar-refractivity contribution in [3.63, 3.8) is 0 Å². The van der Waals surface area contributed by atoms with Crippen LogP contribution in [0.1, 0.15) is 34.6 Å². The van der Waals surface area contributed by atoms with Gasteiger partial charge in [0.15, 0.2) is 12.2 Å². The van der Waals surface area contributed by atoms with Crippen molar-refractivity contribution in [2.75, 3.05) is 11.9 Å². The molecule has 2 aromatic heterocycles. The third-order valence-corrected chi connectivity index (χ3v) is 6.13. The summed E-state index contributed by atoms with van der Waals surface area (Å²) in [5.74, 6) is 0. The quantitative estimate of drug-likeness (QED) is 0.492. The van der Waals surface area contributed by atoms with Crippen LogP contribution in [-0.2, 0) is 6.42 Å². The van der Waals surface area contributed by atoms with E-state index in [0.717, 1.165) is 13.0 Å². The van der Waals surface area contributed by atoms with Crippen LogP contribution in [0, 0.1) is 0 Å². The van der Waals surface area contributed by atoms with Gasteiger partial charge < -0.3 is 10.3 Å². The predicted octanol–water partition coefficient (Wildman–Crippen LogP) is 3.22. The van der Waals surface area contributed by atoms with E-state index in [0.29, 0.717) is 6.04 Å². The number of H-pyrrole nitrogens is 1. The van der Waals surface area contributed by atoms with E-state index in [-0.39, 0.29) is 6.17 Å². The van der Waals surface area contributed by atoms with Gasteiger partial charge in [-0.05, 0) is 29.8 Å². The fourth-order valence-corrected chi connectivity index (χ4v) is 4.97. The Morgan fingerprint density at radius 2 is 1.85 bits per heavy atom. The Morgan fingerprint density at radius 3 is 2.78 bits per heavy atom. The van der Waals surface area contributed by atoms with Gasteiger partial charge in [-0.25, -0.2) is 0 Å². The lowest BCUT2D eigenvalue weighted by atomic mass is 9.88. The average Bonchev–Trinajstić information content (AvgIpc) is 3.12. The zero-order chi connectivity index (χ0) is 17.8. The molecule has 1 unspecified atom stereocenters. The highest BCUT2D eigenvalue weighted by molar-refractivity contribution is 5.85. The summed E-state index contributed by atoms with van der Waals surface area (Å²) in [5, 5.41) is 5.16. The Bertz CT molecular complexity index is 1130. The van der Waals surface area contributed by atoms with Crippen LogP contribution in [0.2, 0.25) is 0 Å². The number of nitrogens with zero attached hydrogens (tertiary/aromatic N) is 1. The topological polar surface area (TPSA) is 45.1 Å². The highest BCUT2D eigenvalue weighted by atomic mass is 15.3. The number of hydrogen-bond acceptors (Lipinski definition) is 2. The molecule has 132 valence electrons. The summed E-state index contributed by atoms with van der Waals surface area (Å²) in [6, 6.07) is 22.0. The molecule has 0 amide bonds. The van der Waals surface area contributed by atoms with Crippen molar-refractivity contribution >= 4 is 16.6 Å². The first-order valence-electron chi connectivity index (χ1n) is 9.60. The number of anilines is 1. The normalized spacial score (nSPS) is 23.2. The summed E-state index contributed by atoms with van der Waals surface area (Å²) in [5.41, 5.74) is 7.96.